The number of fused-ring (bicyclic) bond motifs is 1. The molecule has 0 saturated heterocycles. The van der Waals surface area contributed by atoms with Gasteiger partial charge in [0.25, 0.3) is 0 Å². The van der Waals surface area contributed by atoms with E-state index in [9.17, 15) is 0 Å². The number of halogens is 1. The Kier molecular flexibility index (Phi) is 8.26. The van der Waals surface area contributed by atoms with Gasteiger partial charge in [-0.15, -0.1) is 24.0 Å². The van der Waals surface area contributed by atoms with E-state index in [2.05, 4.69) is 34.7 Å². The first-order chi connectivity index (χ1) is 10.2. The molecule has 1 aromatic carbocycles. The van der Waals surface area contributed by atoms with Crippen LogP contribution in [0.5, 0.6) is 0 Å². The average molecular weight is 417 g/mol. The highest BCUT2D eigenvalue weighted by Gasteiger charge is 2.06. The van der Waals surface area contributed by atoms with Crippen molar-refractivity contribution >= 4 is 40.9 Å². The lowest BCUT2D eigenvalue weighted by Crippen LogP contribution is -2.44. The molecule has 2 N–H and O–H groups in total. The number of furan rings is 1. The Morgan fingerprint density at radius 1 is 1.36 bits per heavy atom. The van der Waals surface area contributed by atoms with Crippen LogP contribution in [0.15, 0.2) is 39.7 Å². The van der Waals surface area contributed by atoms with Crippen molar-refractivity contribution in [1.82, 2.24) is 10.6 Å². The molecule has 2 rings (SSSR count). The van der Waals surface area contributed by atoms with Gasteiger partial charge >= 0.3 is 0 Å². The highest BCUT2D eigenvalue weighted by molar-refractivity contribution is 14.0. The van der Waals surface area contributed by atoms with E-state index in [0.717, 1.165) is 35.7 Å². The summed E-state index contributed by atoms with van der Waals surface area (Å²) in [5.74, 6) is 1.75. The molecule has 0 fully saturated rings. The van der Waals surface area contributed by atoms with Gasteiger partial charge in [-0.05, 0) is 19.1 Å². The second kappa shape index (κ2) is 9.68. The van der Waals surface area contributed by atoms with Crippen molar-refractivity contribution in [2.75, 3.05) is 27.3 Å². The third-order valence-corrected chi connectivity index (χ3v) is 3.16. The van der Waals surface area contributed by atoms with Gasteiger partial charge in [-0.3, -0.25) is 4.99 Å². The van der Waals surface area contributed by atoms with Crippen molar-refractivity contribution in [3.63, 3.8) is 0 Å². The summed E-state index contributed by atoms with van der Waals surface area (Å²) in [6, 6.07) is 10.3. The number of ether oxygens (including phenoxy) is 1. The molecule has 0 aliphatic carbocycles. The molecule has 22 heavy (non-hydrogen) atoms. The van der Waals surface area contributed by atoms with Gasteiger partial charge in [0.05, 0.1) is 6.61 Å². The van der Waals surface area contributed by atoms with Crippen LogP contribution >= 0.6 is 24.0 Å². The first-order valence-corrected chi connectivity index (χ1v) is 7.16. The third kappa shape index (κ3) is 5.49. The highest BCUT2D eigenvalue weighted by atomic mass is 127. The third-order valence-electron chi connectivity index (χ3n) is 3.16. The summed E-state index contributed by atoms with van der Waals surface area (Å²) >= 11 is 0. The van der Waals surface area contributed by atoms with Crippen LogP contribution in [0.4, 0.5) is 0 Å². The van der Waals surface area contributed by atoms with Crippen LogP contribution in [0.3, 0.4) is 0 Å². The molecule has 5 nitrogen and oxygen atoms in total. The molecule has 1 aromatic heterocycles. The summed E-state index contributed by atoms with van der Waals surface area (Å²) in [6.45, 7) is 3.46. The number of guanidine groups is 1. The molecule has 0 bridgehead atoms. The Morgan fingerprint density at radius 3 is 2.82 bits per heavy atom. The summed E-state index contributed by atoms with van der Waals surface area (Å²) < 4.78 is 10.9. The van der Waals surface area contributed by atoms with Crippen molar-refractivity contribution in [3.8, 4) is 0 Å². The number of hydrogen-bond donors (Lipinski definition) is 2. The van der Waals surface area contributed by atoms with Crippen molar-refractivity contribution in [1.29, 1.82) is 0 Å². The van der Waals surface area contributed by atoms with Gasteiger partial charge in [-0.25, -0.2) is 0 Å². The molecule has 0 aliphatic rings. The Balaban J connectivity index is 0.00000242. The number of nitrogens with zero attached hydrogens (tertiary/aromatic N) is 1. The van der Waals surface area contributed by atoms with E-state index in [1.165, 1.54) is 0 Å². The molecule has 0 saturated carbocycles. The second-order valence-electron chi connectivity index (χ2n) is 5.00. The standard InChI is InChI=1S/C16H23N3O2.HI/c1-12(11-20-3)19-16(17-2)18-9-8-14-10-13-6-4-5-7-15(13)21-14;/h4-7,10,12H,8-9,11H2,1-3H3,(H2,17,18,19);1H. The number of rotatable bonds is 6. The number of methoxy groups -OCH3 is 1. The zero-order chi connectivity index (χ0) is 15.1. The fourth-order valence-corrected chi connectivity index (χ4v) is 2.18. The predicted molar refractivity (Wildman–Crippen MR) is 101 cm³/mol. The molecular formula is C16H24IN3O2. The van der Waals surface area contributed by atoms with E-state index < -0.39 is 0 Å². The van der Waals surface area contributed by atoms with E-state index in [1.54, 1.807) is 14.2 Å². The monoisotopic (exact) mass is 417 g/mol. The smallest absolute Gasteiger partial charge is 0.191 e. The lowest BCUT2D eigenvalue weighted by molar-refractivity contribution is 0.179. The summed E-state index contributed by atoms with van der Waals surface area (Å²) in [7, 11) is 3.45. The molecule has 0 amide bonds. The summed E-state index contributed by atoms with van der Waals surface area (Å²) in [5, 5.41) is 7.68. The van der Waals surface area contributed by atoms with Crippen LogP contribution in [0.1, 0.15) is 12.7 Å². The fraction of sp³-hybridized carbons (Fsp3) is 0.438. The lowest BCUT2D eigenvalue weighted by Gasteiger charge is -2.16. The molecule has 0 aliphatic heterocycles. The topological polar surface area (TPSA) is 58.8 Å². The number of nitrogens with one attached hydrogen (secondary N) is 2. The first-order valence-electron chi connectivity index (χ1n) is 7.16. The van der Waals surface area contributed by atoms with Gasteiger partial charge in [0, 0.05) is 38.6 Å². The van der Waals surface area contributed by atoms with Gasteiger partial charge < -0.3 is 19.8 Å². The number of hydrogen-bond acceptors (Lipinski definition) is 3. The van der Waals surface area contributed by atoms with Crippen LogP contribution in [0.25, 0.3) is 11.0 Å². The molecule has 2 aromatic rings. The van der Waals surface area contributed by atoms with E-state index in [0.29, 0.717) is 6.61 Å². The molecule has 0 spiro atoms. The van der Waals surface area contributed by atoms with Gasteiger partial charge in [-0.1, -0.05) is 18.2 Å². The largest absolute Gasteiger partial charge is 0.461 e. The van der Waals surface area contributed by atoms with Crippen LogP contribution in [0.2, 0.25) is 0 Å². The van der Waals surface area contributed by atoms with Crippen LogP contribution in [0, 0.1) is 0 Å². The normalized spacial score (nSPS) is 12.8. The van der Waals surface area contributed by atoms with E-state index >= 15 is 0 Å². The fourth-order valence-electron chi connectivity index (χ4n) is 2.18. The molecule has 0 radical (unpaired) electrons. The maximum atomic E-state index is 5.78. The van der Waals surface area contributed by atoms with Crippen molar-refractivity contribution < 1.29 is 9.15 Å². The minimum Gasteiger partial charge on any atom is -0.461 e. The summed E-state index contributed by atoms with van der Waals surface area (Å²) in [5.41, 5.74) is 0.934. The van der Waals surface area contributed by atoms with Gasteiger partial charge in [0.15, 0.2) is 5.96 Å². The summed E-state index contributed by atoms with van der Waals surface area (Å²) in [4.78, 5) is 4.19. The zero-order valence-electron chi connectivity index (χ0n) is 13.3. The number of benzene rings is 1. The first kappa shape index (κ1) is 18.8. The number of para-hydroxylation sites is 1. The maximum absolute atomic E-state index is 5.78. The van der Waals surface area contributed by atoms with Crippen molar-refractivity contribution in [2.45, 2.75) is 19.4 Å². The molecular weight excluding hydrogens is 393 g/mol. The molecule has 1 atom stereocenters. The lowest BCUT2D eigenvalue weighted by atomic mass is 10.2. The van der Waals surface area contributed by atoms with Crippen molar-refractivity contribution in [2.24, 2.45) is 4.99 Å². The predicted octanol–water partition coefficient (Wildman–Crippen LogP) is 2.79. The number of aliphatic imine (C=N–C) groups is 1. The minimum absolute atomic E-state index is 0. The average Bonchev–Trinajstić information content (AvgIpc) is 2.89. The SMILES string of the molecule is CN=C(NCCc1cc2ccccc2o1)NC(C)COC.I. The van der Waals surface area contributed by atoms with Crippen molar-refractivity contribution in [3.05, 3.63) is 36.1 Å². The Bertz CT molecular complexity index is 565. The molecule has 1 heterocycles. The zero-order valence-corrected chi connectivity index (χ0v) is 15.6. The Morgan fingerprint density at radius 2 is 2.14 bits per heavy atom. The summed E-state index contributed by atoms with van der Waals surface area (Å²) in [6.07, 6.45) is 0.814. The van der Waals surface area contributed by atoms with E-state index in [-0.39, 0.29) is 30.0 Å². The molecule has 1 unspecified atom stereocenters. The molecule has 122 valence electrons. The van der Waals surface area contributed by atoms with E-state index in [4.69, 9.17) is 9.15 Å². The Labute approximate surface area is 148 Å². The van der Waals surface area contributed by atoms with Crippen LogP contribution in [-0.2, 0) is 11.2 Å². The highest BCUT2D eigenvalue weighted by Crippen LogP contribution is 2.18. The van der Waals surface area contributed by atoms with Gasteiger partial charge in [0.2, 0.25) is 0 Å². The second-order valence-corrected chi connectivity index (χ2v) is 5.00. The van der Waals surface area contributed by atoms with Crippen LogP contribution in [-0.4, -0.2) is 39.3 Å². The quantitative estimate of drug-likeness (QED) is 0.431. The van der Waals surface area contributed by atoms with Gasteiger partial charge in [0.1, 0.15) is 11.3 Å². The maximum Gasteiger partial charge on any atom is 0.191 e. The van der Waals surface area contributed by atoms with Gasteiger partial charge in [-0.2, -0.15) is 0 Å². The Hall–Kier alpha value is -1.28. The molecule has 6 heteroatoms. The minimum atomic E-state index is 0. The van der Waals surface area contributed by atoms with E-state index in [1.807, 2.05) is 18.2 Å². The van der Waals surface area contributed by atoms with Crippen LogP contribution < -0.4 is 10.6 Å².